The van der Waals surface area contributed by atoms with Crippen LogP contribution in [0.2, 0.25) is 0 Å². The first-order chi connectivity index (χ1) is 9.40. The number of hydrogen-bond donors (Lipinski definition) is 1. The number of benzene rings is 1. The molecule has 0 atom stereocenters. The first kappa shape index (κ1) is 15.2. The fraction of sp³-hybridized carbons (Fsp3) is 0.273. The highest BCUT2D eigenvalue weighted by Gasteiger charge is 2.24. The molecule has 0 heterocycles. The molecule has 0 unspecified atom stereocenters. The van der Waals surface area contributed by atoms with E-state index in [9.17, 15) is 19.7 Å². The maximum Gasteiger partial charge on any atom is 0.343 e. The molecule has 0 aromatic heterocycles. The van der Waals surface area contributed by atoms with Crippen molar-refractivity contribution in [2.75, 3.05) is 20.8 Å². The highest BCUT2D eigenvalue weighted by Crippen LogP contribution is 2.34. The second kappa shape index (κ2) is 6.36. The second-order valence-corrected chi connectivity index (χ2v) is 3.45. The van der Waals surface area contributed by atoms with Crippen LogP contribution in [0, 0.1) is 10.1 Å². The number of aromatic carboxylic acids is 1. The van der Waals surface area contributed by atoms with Gasteiger partial charge in [0.25, 0.3) is 5.69 Å². The lowest BCUT2D eigenvalue weighted by atomic mass is 10.1. The number of methoxy groups -OCH3 is 2. The van der Waals surface area contributed by atoms with Crippen LogP contribution in [-0.2, 0) is 9.53 Å². The number of esters is 1. The van der Waals surface area contributed by atoms with Gasteiger partial charge in [-0.2, -0.15) is 0 Å². The normalized spacial score (nSPS) is 9.70. The lowest BCUT2D eigenvalue weighted by Crippen LogP contribution is -2.13. The molecule has 0 aliphatic carbocycles. The Labute approximate surface area is 112 Å². The van der Waals surface area contributed by atoms with Gasteiger partial charge >= 0.3 is 11.9 Å². The van der Waals surface area contributed by atoms with E-state index in [0.717, 1.165) is 19.2 Å². The molecule has 0 fully saturated rings. The molecule has 0 spiro atoms. The van der Waals surface area contributed by atoms with E-state index in [-0.39, 0.29) is 11.5 Å². The van der Waals surface area contributed by atoms with Crippen LogP contribution >= 0.6 is 0 Å². The summed E-state index contributed by atoms with van der Waals surface area (Å²) in [7, 11) is 2.39. The van der Waals surface area contributed by atoms with Crippen molar-refractivity contribution in [3.05, 3.63) is 27.8 Å². The molecule has 108 valence electrons. The van der Waals surface area contributed by atoms with Crippen LogP contribution in [0.15, 0.2) is 12.1 Å². The van der Waals surface area contributed by atoms with Crippen molar-refractivity contribution in [2.45, 2.75) is 0 Å². The molecule has 0 saturated carbocycles. The average Bonchev–Trinajstić information content (AvgIpc) is 2.43. The first-order valence-corrected chi connectivity index (χ1v) is 5.20. The van der Waals surface area contributed by atoms with Gasteiger partial charge in [0.05, 0.1) is 25.2 Å². The number of nitrogens with zero attached hydrogens (tertiary/aromatic N) is 1. The van der Waals surface area contributed by atoms with Gasteiger partial charge in [-0.25, -0.2) is 9.59 Å². The topological polar surface area (TPSA) is 125 Å². The summed E-state index contributed by atoms with van der Waals surface area (Å²) < 4.78 is 14.2. The Morgan fingerprint density at radius 1 is 1.30 bits per heavy atom. The highest BCUT2D eigenvalue weighted by atomic mass is 16.6. The van der Waals surface area contributed by atoms with E-state index in [1.54, 1.807) is 0 Å². The number of rotatable bonds is 6. The number of hydrogen-bond acceptors (Lipinski definition) is 7. The molecule has 0 radical (unpaired) electrons. The Morgan fingerprint density at radius 3 is 2.40 bits per heavy atom. The van der Waals surface area contributed by atoms with Crippen LogP contribution in [0.5, 0.6) is 11.5 Å². The van der Waals surface area contributed by atoms with Crippen molar-refractivity contribution < 1.29 is 33.8 Å². The van der Waals surface area contributed by atoms with Gasteiger partial charge in [-0.05, 0) is 0 Å². The van der Waals surface area contributed by atoms with Gasteiger partial charge in [-0.15, -0.1) is 0 Å². The Morgan fingerprint density at radius 2 is 1.95 bits per heavy atom. The van der Waals surface area contributed by atoms with Crippen molar-refractivity contribution in [3.8, 4) is 11.5 Å². The number of carbonyl (C=O) groups is 2. The van der Waals surface area contributed by atoms with Crippen LogP contribution in [0.3, 0.4) is 0 Å². The van der Waals surface area contributed by atoms with Crippen LogP contribution in [-0.4, -0.2) is 42.8 Å². The molecule has 9 nitrogen and oxygen atoms in total. The molecule has 20 heavy (non-hydrogen) atoms. The maximum absolute atomic E-state index is 11.0. The minimum Gasteiger partial charge on any atom is -0.493 e. The van der Waals surface area contributed by atoms with Gasteiger partial charge in [-0.1, -0.05) is 0 Å². The van der Waals surface area contributed by atoms with Gasteiger partial charge in [0.15, 0.2) is 18.1 Å². The summed E-state index contributed by atoms with van der Waals surface area (Å²) in [6, 6.07) is 1.83. The third-order valence-corrected chi connectivity index (χ3v) is 2.28. The SMILES string of the molecule is COC(=O)COc1cc([N+](=O)[O-])c(C(=O)O)cc1OC. The number of carbonyl (C=O) groups excluding carboxylic acids is 1. The van der Waals surface area contributed by atoms with E-state index >= 15 is 0 Å². The number of carboxylic acids is 1. The smallest absolute Gasteiger partial charge is 0.343 e. The first-order valence-electron chi connectivity index (χ1n) is 5.20. The summed E-state index contributed by atoms with van der Waals surface area (Å²) in [6.45, 7) is -0.490. The number of nitro groups is 1. The fourth-order valence-corrected chi connectivity index (χ4v) is 1.34. The summed E-state index contributed by atoms with van der Waals surface area (Å²) in [6.07, 6.45) is 0. The number of nitro benzene ring substituents is 1. The van der Waals surface area contributed by atoms with Crippen LogP contribution < -0.4 is 9.47 Å². The Bertz CT molecular complexity index is 554. The second-order valence-electron chi connectivity index (χ2n) is 3.45. The average molecular weight is 285 g/mol. The standard InChI is InChI=1S/C11H11NO8/c1-18-8-3-6(11(14)15)7(12(16)17)4-9(8)20-5-10(13)19-2/h3-4H,5H2,1-2H3,(H,14,15). The van der Waals surface area contributed by atoms with E-state index in [1.807, 2.05) is 0 Å². The van der Waals surface area contributed by atoms with Gasteiger partial charge in [-0.3, -0.25) is 10.1 Å². The quantitative estimate of drug-likeness (QED) is 0.463. The zero-order valence-corrected chi connectivity index (χ0v) is 10.6. The number of carboxylic acid groups (broad SMARTS) is 1. The Hall–Kier alpha value is -2.84. The van der Waals surface area contributed by atoms with Gasteiger partial charge < -0.3 is 19.3 Å². The van der Waals surface area contributed by atoms with Crippen molar-refractivity contribution in [3.63, 3.8) is 0 Å². The fourth-order valence-electron chi connectivity index (χ4n) is 1.34. The number of ether oxygens (including phenoxy) is 3. The van der Waals surface area contributed by atoms with E-state index in [0.29, 0.717) is 0 Å². The molecule has 1 aromatic carbocycles. The predicted molar refractivity (Wildman–Crippen MR) is 64.1 cm³/mol. The van der Waals surface area contributed by atoms with E-state index < -0.39 is 34.7 Å². The van der Waals surface area contributed by atoms with E-state index in [2.05, 4.69) is 4.74 Å². The molecule has 0 aliphatic rings. The predicted octanol–water partition coefficient (Wildman–Crippen LogP) is 0.853. The zero-order chi connectivity index (χ0) is 15.3. The Kier molecular flexibility index (Phi) is 4.84. The summed E-state index contributed by atoms with van der Waals surface area (Å²) >= 11 is 0. The highest BCUT2D eigenvalue weighted by molar-refractivity contribution is 5.93. The Balaban J connectivity index is 3.23. The van der Waals surface area contributed by atoms with Crippen molar-refractivity contribution in [2.24, 2.45) is 0 Å². The largest absolute Gasteiger partial charge is 0.493 e. The lowest BCUT2D eigenvalue weighted by Gasteiger charge is -2.10. The molecule has 0 amide bonds. The minimum atomic E-state index is -1.48. The zero-order valence-electron chi connectivity index (χ0n) is 10.6. The summed E-state index contributed by atoms with van der Waals surface area (Å²) in [5.41, 5.74) is -1.21. The lowest BCUT2D eigenvalue weighted by molar-refractivity contribution is -0.385. The van der Waals surface area contributed by atoms with E-state index in [4.69, 9.17) is 14.6 Å². The third-order valence-electron chi connectivity index (χ3n) is 2.28. The van der Waals surface area contributed by atoms with Crippen molar-refractivity contribution in [1.82, 2.24) is 0 Å². The van der Waals surface area contributed by atoms with Crippen LogP contribution in [0.1, 0.15) is 10.4 Å². The van der Waals surface area contributed by atoms with Crippen molar-refractivity contribution >= 4 is 17.6 Å². The van der Waals surface area contributed by atoms with Gasteiger partial charge in [0.1, 0.15) is 5.56 Å². The summed E-state index contributed by atoms with van der Waals surface area (Å²) in [4.78, 5) is 31.9. The van der Waals surface area contributed by atoms with E-state index in [1.165, 1.54) is 7.11 Å². The third kappa shape index (κ3) is 3.34. The minimum absolute atomic E-state index is 0.0445. The molecule has 1 rings (SSSR count). The molecular formula is C11H11NO8. The summed E-state index contributed by atoms with van der Waals surface area (Å²) in [5, 5.41) is 19.7. The van der Waals surface area contributed by atoms with Crippen LogP contribution in [0.4, 0.5) is 5.69 Å². The molecule has 1 N–H and O–H groups in total. The molecule has 9 heteroatoms. The van der Waals surface area contributed by atoms with Gasteiger partial charge in [0.2, 0.25) is 0 Å². The van der Waals surface area contributed by atoms with Crippen molar-refractivity contribution in [1.29, 1.82) is 0 Å². The van der Waals surface area contributed by atoms with Gasteiger partial charge in [0, 0.05) is 6.07 Å². The monoisotopic (exact) mass is 285 g/mol. The molecular weight excluding hydrogens is 274 g/mol. The molecule has 0 saturated heterocycles. The summed E-state index contributed by atoms with van der Waals surface area (Å²) in [5.74, 6) is -2.35. The maximum atomic E-state index is 11.0. The molecule has 0 aliphatic heterocycles. The van der Waals surface area contributed by atoms with Crippen LogP contribution in [0.25, 0.3) is 0 Å². The molecule has 1 aromatic rings. The molecule has 0 bridgehead atoms.